The maximum absolute atomic E-state index is 4.69. The third kappa shape index (κ3) is 5.88. The van der Waals surface area contributed by atoms with Crippen LogP contribution in [0.3, 0.4) is 0 Å². The van der Waals surface area contributed by atoms with E-state index in [1.807, 2.05) is 48.5 Å². The Morgan fingerprint density at radius 2 is 1.10 bits per heavy atom. The summed E-state index contributed by atoms with van der Waals surface area (Å²) in [5.41, 5.74) is 3.82. The van der Waals surface area contributed by atoms with Crippen molar-refractivity contribution >= 4 is 75.5 Å². The summed E-state index contributed by atoms with van der Waals surface area (Å²) in [6, 6.07) is 24.5. The predicted molar refractivity (Wildman–Crippen MR) is 139 cm³/mol. The molecule has 0 spiro atoms. The molecule has 2 heterocycles. The molecule has 0 aliphatic carbocycles. The summed E-state index contributed by atoms with van der Waals surface area (Å²) in [5.74, 6) is 0. The smallest absolute Gasteiger partial charge is 0.0894 e. The first-order valence-electron chi connectivity index (χ1n) is 10.0. The van der Waals surface area contributed by atoms with Crippen LogP contribution >= 0.6 is 24.4 Å². The summed E-state index contributed by atoms with van der Waals surface area (Å²) in [7, 11) is 0. The van der Waals surface area contributed by atoms with Crippen LogP contribution in [0.15, 0.2) is 79.2 Å². The molecular formula is C24H22N4S2Sn. The SMILES string of the molecule is C[CH2][Sn]([CH2]C)([N]=C=S)[N]=C=S.c1ccc2nc(-c3ccc4ccccc4n3)ccc2c1. The second-order valence-corrected chi connectivity index (χ2v) is 18.2. The van der Waals surface area contributed by atoms with E-state index < -0.39 is 18.9 Å². The van der Waals surface area contributed by atoms with E-state index in [9.17, 15) is 0 Å². The third-order valence-electron chi connectivity index (χ3n) is 5.10. The van der Waals surface area contributed by atoms with Crippen molar-refractivity contribution in [2.75, 3.05) is 0 Å². The van der Waals surface area contributed by atoms with Crippen molar-refractivity contribution in [3.05, 3.63) is 72.8 Å². The minimum Gasteiger partial charge on any atom is -0.246 e. The standard InChI is InChI=1S/C18H12N2.2C2H5.2CNS.Sn/c1-3-7-15-13(5-1)9-11-17(19-15)18-12-10-14-6-2-4-8-16(14)20-18;2*1-2;2*2-1-3;/h1-12H;2*1H2,2H3;;;/q;;;2*-1;+2. The van der Waals surface area contributed by atoms with Crippen molar-refractivity contribution in [1.82, 2.24) is 9.97 Å². The van der Waals surface area contributed by atoms with Crippen LogP contribution in [-0.4, -0.2) is 39.2 Å². The molecule has 2 aromatic carbocycles. The Bertz CT molecular complexity index is 1190. The fourth-order valence-corrected chi connectivity index (χ4v) is 9.80. The monoisotopic (exact) mass is 550 g/mol. The molecule has 0 N–H and O–H groups in total. The van der Waals surface area contributed by atoms with Crippen molar-refractivity contribution in [1.29, 1.82) is 0 Å². The Hall–Kier alpha value is -2.34. The number of thiocarbonyl (C=S) groups is 2. The fourth-order valence-electron chi connectivity index (χ4n) is 3.18. The molecule has 2 aromatic heterocycles. The Kier molecular flexibility index (Phi) is 8.52. The quantitative estimate of drug-likeness (QED) is 0.151. The van der Waals surface area contributed by atoms with Crippen LogP contribution in [0.5, 0.6) is 0 Å². The molecule has 0 saturated carbocycles. The van der Waals surface area contributed by atoms with Gasteiger partial charge in [0.15, 0.2) is 0 Å². The number of benzene rings is 2. The fraction of sp³-hybridized carbons (Fsp3) is 0.167. The molecular weight excluding hydrogens is 527 g/mol. The van der Waals surface area contributed by atoms with Gasteiger partial charge < -0.3 is 0 Å². The number of nitrogens with zero attached hydrogens (tertiary/aromatic N) is 4. The molecule has 0 atom stereocenters. The molecule has 4 rings (SSSR count). The summed E-state index contributed by atoms with van der Waals surface area (Å²) in [6.07, 6.45) is 0. The molecule has 4 nitrogen and oxygen atoms in total. The molecule has 0 bridgehead atoms. The second kappa shape index (κ2) is 11.3. The van der Waals surface area contributed by atoms with E-state index in [1.54, 1.807) is 0 Å². The molecule has 31 heavy (non-hydrogen) atoms. The summed E-state index contributed by atoms with van der Waals surface area (Å²) < 4.78 is 10.3. The number of aromatic nitrogens is 2. The first kappa shape index (κ1) is 23.3. The number of hydrogen-bond donors (Lipinski definition) is 0. The third-order valence-corrected chi connectivity index (χ3v) is 15.7. The van der Waals surface area contributed by atoms with E-state index in [1.165, 1.54) is 0 Å². The van der Waals surface area contributed by atoms with E-state index in [4.69, 9.17) is 0 Å². The van der Waals surface area contributed by atoms with Crippen LogP contribution < -0.4 is 0 Å². The van der Waals surface area contributed by atoms with Gasteiger partial charge in [-0.25, -0.2) is 9.97 Å². The van der Waals surface area contributed by atoms with Gasteiger partial charge in [-0.2, -0.15) is 0 Å². The van der Waals surface area contributed by atoms with E-state index in [-0.39, 0.29) is 0 Å². The number of pyridine rings is 2. The first-order valence-corrected chi connectivity index (χ1v) is 17.5. The zero-order chi connectivity index (χ0) is 22.1. The normalized spacial score (nSPS) is 10.5. The molecule has 0 aliphatic rings. The zero-order valence-corrected chi connectivity index (χ0v) is 21.9. The molecule has 0 radical (unpaired) electrons. The maximum atomic E-state index is 4.69. The predicted octanol–water partition coefficient (Wildman–Crippen LogP) is 7.12. The van der Waals surface area contributed by atoms with Gasteiger partial charge in [-0.1, -0.05) is 48.5 Å². The van der Waals surface area contributed by atoms with Gasteiger partial charge in [-0.3, -0.25) is 0 Å². The van der Waals surface area contributed by atoms with Crippen LogP contribution in [0.1, 0.15) is 13.8 Å². The van der Waals surface area contributed by atoms with Gasteiger partial charge in [0.05, 0.1) is 22.4 Å². The van der Waals surface area contributed by atoms with Crippen molar-refractivity contribution in [3.63, 3.8) is 0 Å². The molecule has 7 heteroatoms. The van der Waals surface area contributed by atoms with Gasteiger partial charge in [-0.15, -0.1) is 0 Å². The summed E-state index contributed by atoms with van der Waals surface area (Å²) in [5, 5.41) is 7.13. The summed E-state index contributed by atoms with van der Waals surface area (Å²) in [6.45, 7) is 4.15. The van der Waals surface area contributed by atoms with Crippen molar-refractivity contribution in [3.8, 4) is 11.4 Å². The number of fused-ring (bicyclic) bond motifs is 2. The van der Waals surface area contributed by atoms with Crippen LogP contribution in [-0.2, 0) is 0 Å². The molecule has 0 fully saturated rings. The van der Waals surface area contributed by atoms with Gasteiger partial charge in [0.25, 0.3) is 0 Å². The number of para-hydroxylation sites is 2. The van der Waals surface area contributed by atoms with Crippen molar-refractivity contribution in [2.45, 2.75) is 22.7 Å². The molecule has 154 valence electrons. The molecule has 0 aliphatic heterocycles. The molecule has 0 unspecified atom stereocenters. The van der Waals surface area contributed by atoms with Gasteiger partial charge in [0.2, 0.25) is 0 Å². The van der Waals surface area contributed by atoms with E-state index >= 15 is 0 Å². The summed E-state index contributed by atoms with van der Waals surface area (Å²) in [4.78, 5) is 9.38. The minimum absolute atomic E-state index is 0.912. The van der Waals surface area contributed by atoms with Gasteiger partial charge in [0, 0.05) is 10.8 Å². The van der Waals surface area contributed by atoms with Gasteiger partial charge in [-0.05, 0) is 24.3 Å². The number of hydrogen-bond acceptors (Lipinski definition) is 6. The Labute approximate surface area is 197 Å². The minimum atomic E-state index is -2.65. The van der Waals surface area contributed by atoms with Crippen molar-refractivity contribution in [2.24, 2.45) is 6.43 Å². The van der Waals surface area contributed by atoms with E-state index in [0.717, 1.165) is 42.1 Å². The Morgan fingerprint density at radius 3 is 1.48 bits per heavy atom. The maximum Gasteiger partial charge on any atom is 0.0894 e. The topological polar surface area (TPSA) is 50.5 Å². The van der Waals surface area contributed by atoms with Crippen LogP contribution in [0, 0.1) is 0 Å². The average Bonchev–Trinajstić information content (AvgIpc) is 2.83. The van der Waals surface area contributed by atoms with Gasteiger partial charge >= 0.3 is 82.8 Å². The van der Waals surface area contributed by atoms with Gasteiger partial charge in [0.1, 0.15) is 0 Å². The molecule has 0 amide bonds. The first-order chi connectivity index (χ1) is 15.1. The number of isothiocyanates is 2. The second-order valence-electron chi connectivity index (χ2n) is 6.87. The summed E-state index contributed by atoms with van der Waals surface area (Å²) >= 11 is 6.47. The molecule has 4 aromatic rings. The van der Waals surface area contributed by atoms with Crippen LogP contribution in [0.4, 0.5) is 0 Å². The van der Waals surface area contributed by atoms with Crippen LogP contribution in [0.25, 0.3) is 33.2 Å². The largest absolute Gasteiger partial charge is 0.246 e. The molecule has 0 saturated heterocycles. The van der Waals surface area contributed by atoms with Crippen LogP contribution in [0.2, 0.25) is 8.87 Å². The Balaban J connectivity index is 0.000000214. The zero-order valence-electron chi connectivity index (χ0n) is 17.4. The Morgan fingerprint density at radius 1 is 0.677 bits per heavy atom. The number of rotatable bonds is 5. The average molecular weight is 549 g/mol. The van der Waals surface area contributed by atoms with E-state index in [2.05, 4.69) is 89.3 Å². The van der Waals surface area contributed by atoms with E-state index in [0.29, 0.717) is 0 Å². The van der Waals surface area contributed by atoms with Crippen molar-refractivity contribution < 1.29 is 0 Å².